The molecule has 6 nitrogen and oxygen atoms in total. The predicted octanol–water partition coefficient (Wildman–Crippen LogP) is 3.87. The third-order valence-corrected chi connectivity index (χ3v) is 5.77. The van der Waals surface area contributed by atoms with Crippen molar-refractivity contribution in [2.75, 3.05) is 6.54 Å². The van der Waals surface area contributed by atoms with E-state index in [0.717, 1.165) is 60.7 Å². The van der Waals surface area contributed by atoms with Gasteiger partial charge in [-0.25, -0.2) is 9.97 Å². The zero-order valence-corrected chi connectivity index (χ0v) is 17.3. The third kappa shape index (κ3) is 5.06. The predicted molar refractivity (Wildman–Crippen MR) is 116 cm³/mol. The second-order valence-corrected chi connectivity index (χ2v) is 7.95. The van der Waals surface area contributed by atoms with Gasteiger partial charge in [0, 0.05) is 42.3 Å². The number of nitrogens with one attached hydrogen (secondary N) is 1. The molecule has 1 saturated carbocycles. The van der Waals surface area contributed by atoms with E-state index in [1.54, 1.807) is 6.20 Å². The van der Waals surface area contributed by atoms with Crippen LogP contribution in [-0.4, -0.2) is 32.4 Å². The van der Waals surface area contributed by atoms with Gasteiger partial charge in [-0.1, -0.05) is 12.1 Å². The quantitative estimate of drug-likeness (QED) is 0.678. The summed E-state index contributed by atoms with van der Waals surface area (Å²) in [6.07, 6.45) is 10.1. The van der Waals surface area contributed by atoms with E-state index < -0.39 is 0 Å². The smallest absolute Gasteiger partial charge is 0.226 e. The zero-order valence-electron chi connectivity index (χ0n) is 17.3. The van der Waals surface area contributed by atoms with Crippen molar-refractivity contribution in [3.05, 3.63) is 72.2 Å². The normalized spacial score (nSPS) is 18.7. The van der Waals surface area contributed by atoms with Gasteiger partial charge in [-0.15, -0.1) is 0 Å². The molecule has 0 aliphatic heterocycles. The Kier molecular flexibility index (Phi) is 6.42. The van der Waals surface area contributed by atoms with Crippen LogP contribution in [-0.2, 0) is 11.2 Å². The highest BCUT2D eigenvalue weighted by molar-refractivity contribution is 5.78. The van der Waals surface area contributed by atoms with Gasteiger partial charge in [0.25, 0.3) is 0 Å². The van der Waals surface area contributed by atoms with Crippen molar-refractivity contribution in [1.29, 1.82) is 0 Å². The van der Waals surface area contributed by atoms with Gasteiger partial charge in [-0.2, -0.15) is 0 Å². The summed E-state index contributed by atoms with van der Waals surface area (Å²) in [6, 6.07) is 11.6. The molecule has 3 aromatic rings. The van der Waals surface area contributed by atoms with Gasteiger partial charge in [0.15, 0.2) is 0 Å². The van der Waals surface area contributed by atoms with Crippen molar-refractivity contribution in [2.24, 2.45) is 5.92 Å². The molecule has 1 aliphatic rings. The van der Waals surface area contributed by atoms with E-state index in [4.69, 9.17) is 4.98 Å². The molecule has 1 N–H and O–H groups in total. The molecule has 1 aliphatic carbocycles. The SMILES string of the molecule is Cc1ncc(-c2ccccn2)c(C2CCC(CNC(=O)Cc3ccccn3)CC2)n1. The summed E-state index contributed by atoms with van der Waals surface area (Å²) in [5.74, 6) is 1.76. The summed E-state index contributed by atoms with van der Waals surface area (Å²) in [4.78, 5) is 30.1. The average molecular weight is 402 g/mol. The van der Waals surface area contributed by atoms with Gasteiger partial charge < -0.3 is 5.32 Å². The summed E-state index contributed by atoms with van der Waals surface area (Å²) in [5.41, 5.74) is 3.88. The minimum atomic E-state index is 0.0414. The van der Waals surface area contributed by atoms with Gasteiger partial charge in [0.1, 0.15) is 5.82 Å². The lowest BCUT2D eigenvalue weighted by atomic mass is 9.79. The highest BCUT2D eigenvalue weighted by Crippen LogP contribution is 2.38. The molecule has 0 saturated heterocycles. The van der Waals surface area contributed by atoms with Crippen molar-refractivity contribution >= 4 is 5.91 Å². The van der Waals surface area contributed by atoms with Gasteiger partial charge in [0.2, 0.25) is 5.91 Å². The van der Waals surface area contributed by atoms with Crippen LogP contribution in [0.3, 0.4) is 0 Å². The van der Waals surface area contributed by atoms with Crippen LogP contribution in [0.2, 0.25) is 0 Å². The molecule has 0 unspecified atom stereocenters. The Hall–Kier alpha value is -3.15. The van der Waals surface area contributed by atoms with Crippen molar-refractivity contribution in [1.82, 2.24) is 25.3 Å². The molecule has 1 amide bonds. The number of rotatable bonds is 6. The Morgan fingerprint density at radius 1 is 1.00 bits per heavy atom. The standard InChI is InChI=1S/C24H27N5O/c1-17-27-16-21(22-7-3-5-13-26-22)24(29-17)19-10-8-18(9-11-19)15-28-23(30)14-20-6-2-4-12-25-20/h2-7,12-13,16,18-19H,8-11,14-15H2,1H3,(H,28,30). The molecule has 0 bridgehead atoms. The van der Waals surface area contributed by atoms with Crippen LogP contribution >= 0.6 is 0 Å². The Bertz CT molecular complexity index is 969. The van der Waals surface area contributed by atoms with Crippen LogP contribution < -0.4 is 5.32 Å². The van der Waals surface area contributed by atoms with E-state index >= 15 is 0 Å². The van der Waals surface area contributed by atoms with Crippen molar-refractivity contribution in [3.63, 3.8) is 0 Å². The summed E-state index contributed by atoms with van der Waals surface area (Å²) in [7, 11) is 0. The number of carbonyl (C=O) groups is 1. The largest absolute Gasteiger partial charge is 0.355 e. The molecule has 0 aromatic carbocycles. The summed E-state index contributed by atoms with van der Waals surface area (Å²) in [6.45, 7) is 2.67. The molecule has 0 atom stereocenters. The van der Waals surface area contributed by atoms with E-state index in [2.05, 4.69) is 20.3 Å². The summed E-state index contributed by atoms with van der Waals surface area (Å²) >= 11 is 0. The van der Waals surface area contributed by atoms with Crippen LogP contribution in [0.25, 0.3) is 11.3 Å². The number of carbonyl (C=O) groups excluding carboxylic acids is 1. The van der Waals surface area contributed by atoms with E-state index in [-0.39, 0.29) is 5.91 Å². The van der Waals surface area contributed by atoms with Gasteiger partial charge in [0.05, 0.1) is 17.8 Å². The Morgan fingerprint density at radius 3 is 2.47 bits per heavy atom. The number of hydrogen-bond acceptors (Lipinski definition) is 5. The first-order chi connectivity index (χ1) is 14.7. The monoisotopic (exact) mass is 401 g/mol. The molecule has 0 spiro atoms. The highest BCUT2D eigenvalue weighted by atomic mass is 16.1. The molecule has 4 rings (SSSR count). The van der Waals surface area contributed by atoms with Crippen LogP contribution in [0, 0.1) is 12.8 Å². The number of nitrogens with zero attached hydrogens (tertiary/aromatic N) is 4. The van der Waals surface area contributed by atoms with Crippen molar-refractivity contribution in [3.8, 4) is 11.3 Å². The molecule has 6 heteroatoms. The molecular formula is C24H27N5O. The summed E-state index contributed by atoms with van der Waals surface area (Å²) < 4.78 is 0. The number of aromatic nitrogens is 4. The number of pyridine rings is 2. The van der Waals surface area contributed by atoms with Gasteiger partial charge >= 0.3 is 0 Å². The van der Waals surface area contributed by atoms with E-state index in [0.29, 0.717) is 18.3 Å². The van der Waals surface area contributed by atoms with Gasteiger partial charge in [-0.05, 0) is 62.8 Å². The lowest BCUT2D eigenvalue weighted by Gasteiger charge is -2.29. The lowest BCUT2D eigenvalue weighted by molar-refractivity contribution is -0.120. The van der Waals surface area contributed by atoms with Crippen LogP contribution in [0.1, 0.15) is 48.8 Å². The molecule has 1 fully saturated rings. The second kappa shape index (κ2) is 9.57. The summed E-state index contributed by atoms with van der Waals surface area (Å²) in [5, 5.41) is 3.09. The molecule has 3 aromatic heterocycles. The average Bonchev–Trinajstić information content (AvgIpc) is 2.79. The van der Waals surface area contributed by atoms with E-state index in [9.17, 15) is 4.79 Å². The van der Waals surface area contributed by atoms with Crippen LogP contribution in [0.4, 0.5) is 0 Å². The zero-order chi connectivity index (χ0) is 20.8. The maximum Gasteiger partial charge on any atom is 0.226 e. The fourth-order valence-electron chi connectivity index (χ4n) is 4.15. The fraction of sp³-hybridized carbons (Fsp3) is 0.375. The number of aryl methyl sites for hydroxylation is 1. The first-order valence-corrected chi connectivity index (χ1v) is 10.6. The first kappa shape index (κ1) is 20.1. The van der Waals surface area contributed by atoms with E-state index in [1.807, 2.05) is 55.7 Å². The molecular weight excluding hydrogens is 374 g/mol. The Morgan fingerprint density at radius 2 is 1.77 bits per heavy atom. The fourth-order valence-corrected chi connectivity index (χ4v) is 4.15. The first-order valence-electron chi connectivity index (χ1n) is 10.6. The molecule has 154 valence electrons. The second-order valence-electron chi connectivity index (χ2n) is 7.95. The Labute approximate surface area is 177 Å². The maximum atomic E-state index is 12.2. The van der Waals surface area contributed by atoms with E-state index in [1.165, 1.54) is 0 Å². The third-order valence-electron chi connectivity index (χ3n) is 5.77. The van der Waals surface area contributed by atoms with Gasteiger partial charge in [-0.3, -0.25) is 14.8 Å². The maximum absolute atomic E-state index is 12.2. The minimum absolute atomic E-state index is 0.0414. The Balaban J connectivity index is 1.34. The molecule has 3 heterocycles. The van der Waals surface area contributed by atoms with Crippen molar-refractivity contribution < 1.29 is 4.79 Å². The van der Waals surface area contributed by atoms with Crippen LogP contribution in [0.5, 0.6) is 0 Å². The molecule has 30 heavy (non-hydrogen) atoms. The van der Waals surface area contributed by atoms with Crippen molar-refractivity contribution in [2.45, 2.75) is 44.9 Å². The minimum Gasteiger partial charge on any atom is -0.355 e. The lowest BCUT2D eigenvalue weighted by Crippen LogP contribution is -2.32. The van der Waals surface area contributed by atoms with Crippen LogP contribution in [0.15, 0.2) is 55.0 Å². The number of amides is 1. The highest BCUT2D eigenvalue weighted by Gasteiger charge is 2.26. The topological polar surface area (TPSA) is 80.7 Å². The number of hydrogen-bond donors (Lipinski definition) is 1. The molecule has 0 radical (unpaired) electrons.